The molecule has 0 saturated carbocycles. The minimum Gasteiger partial charge on any atom is -0.450 e. The van der Waals surface area contributed by atoms with Crippen LogP contribution in [0.5, 0.6) is 11.5 Å². The number of sulfone groups is 1. The predicted octanol–water partition coefficient (Wildman–Crippen LogP) is 2.70. The number of hydrogen-bond donors (Lipinski definition) is 0. The Hall–Kier alpha value is -3.01. The highest BCUT2D eigenvalue weighted by atomic mass is 32.2. The van der Waals surface area contributed by atoms with Gasteiger partial charge in [0, 0.05) is 12.3 Å². The summed E-state index contributed by atoms with van der Waals surface area (Å²) < 4.78 is 28.3. The van der Waals surface area contributed by atoms with E-state index in [1.165, 1.54) is 24.3 Å². The SMILES string of the molecule is CS(=O)(=O)c1cccc(Oc2ccc([N+](=O)[O-])cc2[N+](=O)[O-])c1. The molecule has 0 aliphatic rings. The molecule has 0 N–H and O–H groups in total. The van der Waals surface area contributed by atoms with Crippen molar-refractivity contribution >= 4 is 21.2 Å². The summed E-state index contributed by atoms with van der Waals surface area (Å²) >= 11 is 0. The first kappa shape index (κ1) is 16.4. The van der Waals surface area contributed by atoms with Crippen LogP contribution in [0.15, 0.2) is 47.4 Å². The maximum absolute atomic E-state index is 11.5. The van der Waals surface area contributed by atoms with E-state index in [0.717, 1.165) is 24.5 Å². The molecule has 0 radical (unpaired) electrons. The van der Waals surface area contributed by atoms with Crippen molar-refractivity contribution in [1.29, 1.82) is 0 Å². The third kappa shape index (κ3) is 3.80. The molecule has 0 atom stereocenters. The fourth-order valence-electron chi connectivity index (χ4n) is 1.74. The number of ether oxygens (including phenoxy) is 1. The van der Waals surface area contributed by atoms with Crippen LogP contribution in [-0.2, 0) is 9.84 Å². The highest BCUT2D eigenvalue weighted by molar-refractivity contribution is 7.90. The van der Waals surface area contributed by atoms with Crippen LogP contribution >= 0.6 is 0 Å². The topological polar surface area (TPSA) is 130 Å². The van der Waals surface area contributed by atoms with E-state index in [4.69, 9.17) is 4.74 Å². The first-order valence-corrected chi connectivity index (χ1v) is 7.98. The fourth-order valence-corrected chi connectivity index (χ4v) is 2.40. The lowest BCUT2D eigenvalue weighted by Crippen LogP contribution is -1.98. The van der Waals surface area contributed by atoms with E-state index in [-0.39, 0.29) is 16.4 Å². The number of benzene rings is 2. The lowest BCUT2D eigenvalue weighted by Gasteiger charge is -2.07. The number of hydrogen-bond acceptors (Lipinski definition) is 7. The largest absolute Gasteiger partial charge is 0.450 e. The van der Waals surface area contributed by atoms with Crippen molar-refractivity contribution in [3.63, 3.8) is 0 Å². The van der Waals surface area contributed by atoms with E-state index in [2.05, 4.69) is 0 Å². The van der Waals surface area contributed by atoms with Crippen molar-refractivity contribution in [1.82, 2.24) is 0 Å². The predicted molar refractivity (Wildman–Crippen MR) is 79.4 cm³/mol. The maximum Gasteiger partial charge on any atom is 0.318 e. The molecule has 2 aromatic rings. The van der Waals surface area contributed by atoms with Gasteiger partial charge >= 0.3 is 5.69 Å². The molecule has 0 aromatic heterocycles. The summed E-state index contributed by atoms with van der Waals surface area (Å²) in [5.74, 6) is -0.170. The van der Waals surface area contributed by atoms with Crippen molar-refractivity contribution in [2.75, 3.05) is 6.26 Å². The molecule has 10 heteroatoms. The molecular weight excluding hydrogens is 328 g/mol. The number of non-ortho nitro benzene ring substituents is 1. The summed E-state index contributed by atoms with van der Waals surface area (Å²) in [4.78, 5) is 20.1. The summed E-state index contributed by atoms with van der Waals surface area (Å²) in [6.45, 7) is 0. The Morgan fingerprint density at radius 3 is 2.26 bits per heavy atom. The van der Waals surface area contributed by atoms with Crippen LogP contribution in [0, 0.1) is 20.2 Å². The zero-order valence-electron chi connectivity index (χ0n) is 11.7. The van der Waals surface area contributed by atoms with Gasteiger partial charge in [-0.15, -0.1) is 0 Å². The van der Waals surface area contributed by atoms with Crippen molar-refractivity contribution in [2.45, 2.75) is 4.90 Å². The fraction of sp³-hybridized carbons (Fsp3) is 0.0769. The normalized spacial score (nSPS) is 11.0. The van der Waals surface area contributed by atoms with Crippen LogP contribution in [0.1, 0.15) is 0 Å². The molecular formula is C13H10N2O7S. The average Bonchev–Trinajstić information content (AvgIpc) is 2.46. The second-order valence-corrected chi connectivity index (χ2v) is 6.53. The molecule has 0 bridgehead atoms. The summed E-state index contributed by atoms with van der Waals surface area (Å²) in [6.07, 6.45) is 1.01. The maximum atomic E-state index is 11.5. The Kier molecular flexibility index (Phi) is 4.27. The quantitative estimate of drug-likeness (QED) is 0.605. The van der Waals surface area contributed by atoms with Gasteiger partial charge in [-0.25, -0.2) is 8.42 Å². The van der Waals surface area contributed by atoms with Crippen molar-refractivity contribution in [2.24, 2.45) is 0 Å². The number of rotatable bonds is 5. The van der Waals surface area contributed by atoms with Gasteiger partial charge in [0.2, 0.25) is 5.75 Å². The Labute approximate surface area is 130 Å². The molecule has 0 spiro atoms. The summed E-state index contributed by atoms with van der Waals surface area (Å²) in [5, 5.41) is 21.7. The van der Waals surface area contributed by atoms with E-state index < -0.39 is 31.1 Å². The molecule has 0 heterocycles. The highest BCUT2D eigenvalue weighted by Crippen LogP contribution is 2.34. The van der Waals surface area contributed by atoms with E-state index >= 15 is 0 Å². The molecule has 0 saturated heterocycles. The van der Waals surface area contributed by atoms with Crippen molar-refractivity contribution in [3.05, 3.63) is 62.7 Å². The molecule has 2 aromatic carbocycles. The van der Waals surface area contributed by atoms with Gasteiger partial charge in [-0.1, -0.05) is 6.07 Å². The molecule has 120 valence electrons. The van der Waals surface area contributed by atoms with Gasteiger partial charge < -0.3 is 4.74 Å². The second kappa shape index (κ2) is 6.01. The molecule has 9 nitrogen and oxygen atoms in total. The number of nitrogens with zero attached hydrogens (tertiary/aromatic N) is 2. The summed E-state index contributed by atoms with van der Waals surface area (Å²) in [7, 11) is -3.47. The molecule has 0 aliphatic carbocycles. The Morgan fingerprint density at radius 1 is 1.00 bits per heavy atom. The van der Waals surface area contributed by atoms with Gasteiger partial charge in [0.25, 0.3) is 5.69 Å². The third-order valence-corrected chi connectivity index (χ3v) is 3.92. The van der Waals surface area contributed by atoms with Gasteiger partial charge in [0.1, 0.15) is 5.75 Å². The molecule has 23 heavy (non-hydrogen) atoms. The van der Waals surface area contributed by atoms with E-state index in [0.29, 0.717) is 0 Å². The first-order valence-electron chi connectivity index (χ1n) is 6.09. The Bertz CT molecular complexity index is 893. The number of nitro benzene ring substituents is 2. The Morgan fingerprint density at radius 2 is 1.70 bits per heavy atom. The van der Waals surface area contributed by atoms with Crippen LogP contribution in [0.4, 0.5) is 11.4 Å². The van der Waals surface area contributed by atoms with E-state index in [1.54, 1.807) is 0 Å². The van der Waals surface area contributed by atoms with Gasteiger partial charge in [0.05, 0.1) is 20.8 Å². The minimum absolute atomic E-state index is 0.0143. The molecule has 0 amide bonds. The number of nitro groups is 2. The first-order chi connectivity index (χ1) is 10.7. The van der Waals surface area contributed by atoms with Gasteiger partial charge in [-0.2, -0.15) is 0 Å². The lowest BCUT2D eigenvalue weighted by atomic mass is 10.2. The standard InChI is InChI=1S/C13H10N2O7S/c1-23(20,21)11-4-2-3-10(8-11)22-13-6-5-9(14(16)17)7-12(13)15(18)19/h2-8H,1H3. The average molecular weight is 338 g/mol. The van der Waals surface area contributed by atoms with Crippen LogP contribution in [0.2, 0.25) is 0 Å². The molecule has 0 fully saturated rings. The van der Waals surface area contributed by atoms with Crippen LogP contribution in [0.25, 0.3) is 0 Å². The minimum atomic E-state index is -3.47. The van der Waals surface area contributed by atoms with Crippen LogP contribution in [-0.4, -0.2) is 24.5 Å². The zero-order chi connectivity index (χ0) is 17.2. The van der Waals surface area contributed by atoms with Gasteiger partial charge in [-0.05, 0) is 24.3 Å². The summed E-state index contributed by atoms with van der Waals surface area (Å²) in [5.41, 5.74) is -1.04. The highest BCUT2D eigenvalue weighted by Gasteiger charge is 2.21. The second-order valence-electron chi connectivity index (χ2n) is 4.52. The smallest absolute Gasteiger partial charge is 0.318 e. The molecule has 0 unspecified atom stereocenters. The van der Waals surface area contributed by atoms with Crippen molar-refractivity contribution < 1.29 is 23.0 Å². The van der Waals surface area contributed by atoms with Gasteiger partial charge in [0.15, 0.2) is 9.84 Å². The lowest BCUT2D eigenvalue weighted by molar-refractivity contribution is -0.394. The monoisotopic (exact) mass is 338 g/mol. The Balaban J connectivity index is 2.44. The van der Waals surface area contributed by atoms with Crippen molar-refractivity contribution in [3.8, 4) is 11.5 Å². The third-order valence-electron chi connectivity index (χ3n) is 2.81. The van der Waals surface area contributed by atoms with Gasteiger partial charge in [-0.3, -0.25) is 20.2 Å². The van der Waals surface area contributed by atoms with Crippen LogP contribution in [0.3, 0.4) is 0 Å². The molecule has 0 aliphatic heterocycles. The zero-order valence-corrected chi connectivity index (χ0v) is 12.5. The van der Waals surface area contributed by atoms with E-state index in [1.807, 2.05) is 0 Å². The van der Waals surface area contributed by atoms with Crippen LogP contribution < -0.4 is 4.74 Å². The molecule has 2 rings (SSSR count). The van der Waals surface area contributed by atoms with E-state index in [9.17, 15) is 28.6 Å². The summed E-state index contributed by atoms with van der Waals surface area (Å²) in [6, 6.07) is 8.32.